The largest absolute Gasteiger partial charge is 0.506 e. The number of anilines is 2. The van der Waals surface area contributed by atoms with E-state index in [0.717, 1.165) is 48.3 Å². The van der Waals surface area contributed by atoms with Gasteiger partial charge in [0.1, 0.15) is 29.7 Å². The number of aromatic hydroxyl groups is 1. The number of aromatic nitrogens is 2. The lowest BCUT2D eigenvalue weighted by Crippen LogP contribution is -2.35. The van der Waals surface area contributed by atoms with Gasteiger partial charge < -0.3 is 20.1 Å². The number of phenolic OH excluding ortho intramolecular Hbond substituents is 1. The number of hydrogen-bond acceptors (Lipinski definition) is 6. The molecular formula is C20H21ClN4O2. The van der Waals surface area contributed by atoms with Crippen molar-refractivity contribution in [3.05, 3.63) is 47.7 Å². The van der Waals surface area contributed by atoms with Crippen LogP contribution in [0.25, 0.3) is 10.9 Å². The summed E-state index contributed by atoms with van der Waals surface area (Å²) in [6, 6.07) is 10.8. The predicted octanol–water partition coefficient (Wildman–Crippen LogP) is 4.21. The predicted molar refractivity (Wildman–Crippen MR) is 107 cm³/mol. The van der Waals surface area contributed by atoms with Gasteiger partial charge in [-0.1, -0.05) is 17.7 Å². The van der Waals surface area contributed by atoms with Crippen molar-refractivity contribution >= 4 is 34.0 Å². The molecule has 6 nitrogen and oxygen atoms in total. The number of rotatable bonds is 4. The van der Waals surface area contributed by atoms with Crippen LogP contribution in [-0.4, -0.2) is 46.2 Å². The van der Waals surface area contributed by atoms with Crippen molar-refractivity contribution in [2.45, 2.75) is 18.9 Å². The zero-order valence-corrected chi connectivity index (χ0v) is 15.8. The summed E-state index contributed by atoms with van der Waals surface area (Å²) in [7, 11) is 2.13. The molecule has 4 rings (SSSR count). The number of nitrogens with one attached hydrogen (secondary N) is 1. The first-order chi connectivity index (χ1) is 13.1. The van der Waals surface area contributed by atoms with Gasteiger partial charge >= 0.3 is 0 Å². The van der Waals surface area contributed by atoms with Crippen LogP contribution < -0.4 is 10.1 Å². The van der Waals surface area contributed by atoms with Crippen molar-refractivity contribution in [1.82, 2.24) is 14.9 Å². The summed E-state index contributed by atoms with van der Waals surface area (Å²) in [5.74, 6) is 1.46. The van der Waals surface area contributed by atoms with Crippen molar-refractivity contribution in [2.24, 2.45) is 0 Å². The Morgan fingerprint density at radius 3 is 2.78 bits per heavy atom. The number of nitrogens with zero attached hydrogens (tertiary/aromatic N) is 3. The molecule has 2 heterocycles. The normalized spacial score (nSPS) is 15.8. The quantitative estimate of drug-likeness (QED) is 0.657. The molecule has 2 N–H and O–H groups in total. The zero-order chi connectivity index (χ0) is 18.8. The number of halogens is 1. The Morgan fingerprint density at radius 1 is 1.19 bits per heavy atom. The molecule has 0 unspecified atom stereocenters. The van der Waals surface area contributed by atoms with Crippen LogP contribution in [0.2, 0.25) is 5.02 Å². The number of fused-ring (bicyclic) bond motifs is 1. The molecule has 7 heteroatoms. The van der Waals surface area contributed by atoms with E-state index in [-0.39, 0.29) is 16.9 Å². The second-order valence-electron chi connectivity index (χ2n) is 6.78. The second kappa shape index (κ2) is 7.58. The van der Waals surface area contributed by atoms with Crippen molar-refractivity contribution < 1.29 is 9.84 Å². The smallest absolute Gasteiger partial charge is 0.145 e. The van der Waals surface area contributed by atoms with E-state index in [2.05, 4.69) is 27.2 Å². The van der Waals surface area contributed by atoms with Crippen LogP contribution in [0.15, 0.2) is 42.7 Å². The molecular weight excluding hydrogens is 364 g/mol. The first-order valence-electron chi connectivity index (χ1n) is 8.94. The molecule has 27 heavy (non-hydrogen) atoms. The molecule has 1 aromatic heterocycles. The van der Waals surface area contributed by atoms with Gasteiger partial charge in [0.2, 0.25) is 0 Å². The molecule has 0 atom stereocenters. The maximum Gasteiger partial charge on any atom is 0.145 e. The van der Waals surface area contributed by atoms with E-state index in [0.29, 0.717) is 5.82 Å². The third-order valence-electron chi connectivity index (χ3n) is 4.79. The number of piperidine rings is 1. The fourth-order valence-electron chi connectivity index (χ4n) is 3.28. The second-order valence-corrected chi connectivity index (χ2v) is 7.19. The van der Waals surface area contributed by atoms with Crippen molar-refractivity contribution in [3.8, 4) is 11.5 Å². The molecule has 1 saturated heterocycles. The van der Waals surface area contributed by atoms with Crippen LogP contribution in [0, 0.1) is 0 Å². The van der Waals surface area contributed by atoms with Crippen LogP contribution in [0.5, 0.6) is 11.5 Å². The number of phenols is 1. The fraction of sp³-hybridized carbons (Fsp3) is 0.300. The Balaban J connectivity index is 1.67. The van der Waals surface area contributed by atoms with Crippen LogP contribution >= 0.6 is 11.6 Å². The molecule has 0 aliphatic carbocycles. The lowest BCUT2D eigenvalue weighted by molar-refractivity contribution is 0.116. The fourth-order valence-corrected chi connectivity index (χ4v) is 3.46. The topological polar surface area (TPSA) is 70.5 Å². The minimum atomic E-state index is 0.0426. The number of likely N-dealkylation sites (tertiary alicyclic amines) is 1. The van der Waals surface area contributed by atoms with E-state index in [1.54, 1.807) is 18.2 Å². The number of ether oxygens (including phenoxy) is 1. The first kappa shape index (κ1) is 17.8. The van der Waals surface area contributed by atoms with Gasteiger partial charge in [-0.2, -0.15) is 0 Å². The van der Waals surface area contributed by atoms with Gasteiger partial charge in [-0.3, -0.25) is 0 Å². The Bertz CT molecular complexity index is 953. The monoisotopic (exact) mass is 384 g/mol. The summed E-state index contributed by atoms with van der Waals surface area (Å²) < 4.78 is 6.33. The average Bonchev–Trinajstić information content (AvgIpc) is 2.67. The highest BCUT2D eigenvalue weighted by atomic mass is 35.5. The SMILES string of the molecule is CN1CCC(Oc2cccc3ncnc(Nc4ccc(O)c(Cl)c4)c23)CC1. The summed E-state index contributed by atoms with van der Waals surface area (Å²) in [6.07, 6.45) is 3.70. The number of hydrogen-bond donors (Lipinski definition) is 2. The molecule has 1 fully saturated rings. The third-order valence-corrected chi connectivity index (χ3v) is 5.10. The molecule has 0 radical (unpaired) electrons. The van der Waals surface area contributed by atoms with Gasteiger partial charge in [0.05, 0.1) is 15.9 Å². The van der Waals surface area contributed by atoms with Crippen molar-refractivity contribution in [2.75, 3.05) is 25.5 Å². The molecule has 1 aliphatic rings. The van der Waals surface area contributed by atoms with E-state index < -0.39 is 0 Å². The lowest BCUT2D eigenvalue weighted by Gasteiger charge is -2.29. The number of benzene rings is 2. The third kappa shape index (κ3) is 3.91. The van der Waals surface area contributed by atoms with Crippen LogP contribution in [-0.2, 0) is 0 Å². The van der Waals surface area contributed by atoms with Crippen molar-refractivity contribution in [1.29, 1.82) is 0 Å². The summed E-state index contributed by atoms with van der Waals surface area (Å²) in [5, 5.41) is 14.0. The Morgan fingerprint density at radius 2 is 2.00 bits per heavy atom. The lowest BCUT2D eigenvalue weighted by atomic mass is 10.1. The molecule has 0 spiro atoms. The zero-order valence-electron chi connectivity index (χ0n) is 15.0. The molecule has 1 aliphatic heterocycles. The highest BCUT2D eigenvalue weighted by Gasteiger charge is 2.20. The van der Waals surface area contributed by atoms with Gasteiger partial charge in [0.25, 0.3) is 0 Å². The maximum atomic E-state index is 9.62. The van der Waals surface area contributed by atoms with Crippen LogP contribution in [0.3, 0.4) is 0 Å². The van der Waals surface area contributed by atoms with Crippen molar-refractivity contribution in [3.63, 3.8) is 0 Å². The van der Waals surface area contributed by atoms with E-state index in [4.69, 9.17) is 16.3 Å². The van der Waals surface area contributed by atoms with E-state index in [1.807, 2.05) is 18.2 Å². The van der Waals surface area contributed by atoms with Gasteiger partial charge in [-0.05, 0) is 50.2 Å². The van der Waals surface area contributed by atoms with E-state index in [1.165, 1.54) is 6.33 Å². The average molecular weight is 385 g/mol. The molecule has 0 saturated carbocycles. The van der Waals surface area contributed by atoms with Gasteiger partial charge in [-0.25, -0.2) is 9.97 Å². The van der Waals surface area contributed by atoms with Gasteiger partial charge in [-0.15, -0.1) is 0 Å². The molecule has 3 aromatic rings. The minimum absolute atomic E-state index is 0.0426. The Labute approximate surface area is 162 Å². The highest BCUT2D eigenvalue weighted by Crippen LogP contribution is 2.34. The summed E-state index contributed by atoms with van der Waals surface area (Å²) >= 11 is 6.02. The summed E-state index contributed by atoms with van der Waals surface area (Å²) in [4.78, 5) is 11.1. The molecule has 0 bridgehead atoms. The maximum absolute atomic E-state index is 9.62. The van der Waals surface area contributed by atoms with E-state index in [9.17, 15) is 5.11 Å². The highest BCUT2D eigenvalue weighted by molar-refractivity contribution is 6.32. The molecule has 140 valence electrons. The van der Waals surface area contributed by atoms with Gasteiger partial charge in [0.15, 0.2) is 0 Å². The first-order valence-corrected chi connectivity index (χ1v) is 9.32. The Kier molecular flexibility index (Phi) is 5.01. The minimum Gasteiger partial charge on any atom is -0.506 e. The molecule has 0 amide bonds. The van der Waals surface area contributed by atoms with Crippen LogP contribution in [0.1, 0.15) is 12.8 Å². The van der Waals surface area contributed by atoms with Crippen LogP contribution in [0.4, 0.5) is 11.5 Å². The van der Waals surface area contributed by atoms with E-state index >= 15 is 0 Å². The summed E-state index contributed by atoms with van der Waals surface area (Å²) in [6.45, 7) is 2.06. The van der Waals surface area contributed by atoms with Gasteiger partial charge in [0, 0.05) is 18.8 Å². The summed E-state index contributed by atoms with van der Waals surface area (Å²) in [5.41, 5.74) is 1.54. The molecule has 2 aromatic carbocycles. The Hall–Kier alpha value is -2.57. The standard InChI is InChI=1S/C20H21ClN4O2/c1-25-9-7-14(8-10-25)27-18-4-2-3-16-19(18)20(23-12-22-16)24-13-5-6-17(26)15(21)11-13/h2-6,11-12,14,26H,7-10H2,1H3,(H,22,23,24).